The highest BCUT2D eigenvalue weighted by Gasteiger charge is 2.11. The highest BCUT2D eigenvalue weighted by molar-refractivity contribution is 6.28. The van der Waals surface area contributed by atoms with Crippen molar-refractivity contribution in [1.82, 2.24) is 9.97 Å². The highest BCUT2D eigenvalue weighted by atomic mass is 35.5. The Morgan fingerprint density at radius 3 is 2.84 bits per heavy atom. The van der Waals surface area contributed by atoms with E-state index in [0.717, 1.165) is 24.8 Å². The molecule has 1 aromatic carbocycles. The number of phenols is 1. The lowest BCUT2D eigenvalue weighted by atomic mass is 10.2. The first kappa shape index (κ1) is 13.7. The average molecular weight is 282 g/mol. The van der Waals surface area contributed by atoms with Crippen molar-refractivity contribution < 1.29 is 9.84 Å². The number of aromatic nitrogens is 2. The molecule has 1 heterocycles. The van der Waals surface area contributed by atoms with Gasteiger partial charge in [-0.25, -0.2) is 9.97 Å². The van der Waals surface area contributed by atoms with Crippen molar-refractivity contribution >= 4 is 28.3 Å². The number of hydrogen-bond donors (Lipinski definition) is 2. The van der Waals surface area contributed by atoms with Gasteiger partial charge in [0.15, 0.2) is 11.5 Å². The van der Waals surface area contributed by atoms with Gasteiger partial charge in [0, 0.05) is 18.0 Å². The number of methoxy groups -OCH3 is 1. The molecule has 2 rings (SSSR count). The molecule has 0 spiro atoms. The molecule has 5 nitrogen and oxygen atoms in total. The molecule has 0 aliphatic rings. The second kappa shape index (κ2) is 5.93. The third kappa shape index (κ3) is 2.98. The maximum absolute atomic E-state index is 9.83. The first-order chi connectivity index (χ1) is 9.15. The Hall–Kier alpha value is -1.75. The van der Waals surface area contributed by atoms with Crippen molar-refractivity contribution in [3.05, 3.63) is 17.4 Å². The Bertz CT molecular complexity index is 590. The Morgan fingerprint density at radius 2 is 2.16 bits per heavy atom. The Labute approximate surface area is 116 Å². The maximum Gasteiger partial charge on any atom is 0.224 e. The molecule has 0 amide bonds. The van der Waals surface area contributed by atoms with E-state index >= 15 is 0 Å². The minimum absolute atomic E-state index is 0.0551. The van der Waals surface area contributed by atoms with E-state index in [2.05, 4.69) is 22.2 Å². The van der Waals surface area contributed by atoms with E-state index in [1.165, 1.54) is 7.11 Å². The number of anilines is 1. The lowest BCUT2D eigenvalue weighted by molar-refractivity contribution is 0.374. The van der Waals surface area contributed by atoms with Crippen molar-refractivity contribution in [1.29, 1.82) is 0 Å². The van der Waals surface area contributed by atoms with E-state index in [4.69, 9.17) is 16.3 Å². The van der Waals surface area contributed by atoms with Gasteiger partial charge in [0.25, 0.3) is 0 Å². The van der Waals surface area contributed by atoms with E-state index in [-0.39, 0.29) is 11.0 Å². The monoisotopic (exact) mass is 281 g/mol. The minimum Gasteiger partial charge on any atom is -0.504 e. The molecule has 0 bridgehead atoms. The van der Waals surface area contributed by atoms with Crippen LogP contribution in [-0.2, 0) is 0 Å². The van der Waals surface area contributed by atoms with Crippen molar-refractivity contribution in [3.63, 3.8) is 0 Å². The number of benzene rings is 1. The van der Waals surface area contributed by atoms with E-state index in [1.807, 2.05) is 0 Å². The zero-order valence-corrected chi connectivity index (χ0v) is 11.7. The maximum atomic E-state index is 9.83. The molecule has 1 aromatic heterocycles. The van der Waals surface area contributed by atoms with Gasteiger partial charge >= 0.3 is 0 Å². The summed E-state index contributed by atoms with van der Waals surface area (Å²) in [5, 5.41) is 13.9. The number of rotatable bonds is 5. The van der Waals surface area contributed by atoms with Crippen LogP contribution < -0.4 is 10.1 Å². The van der Waals surface area contributed by atoms with Crippen molar-refractivity contribution in [2.24, 2.45) is 0 Å². The normalized spacial score (nSPS) is 10.7. The predicted molar refractivity (Wildman–Crippen MR) is 76.2 cm³/mol. The summed E-state index contributed by atoms with van der Waals surface area (Å²) in [6.07, 6.45) is 2.12. The number of aromatic hydroxyl groups is 1. The van der Waals surface area contributed by atoms with Gasteiger partial charge in [-0.05, 0) is 24.1 Å². The summed E-state index contributed by atoms with van der Waals surface area (Å²) in [7, 11) is 1.49. The smallest absolute Gasteiger partial charge is 0.224 e. The van der Waals surface area contributed by atoms with Crippen molar-refractivity contribution in [3.8, 4) is 11.5 Å². The molecule has 0 saturated carbocycles. The topological polar surface area (TPSA) is 67.3 Å². The number of ether oxygens (including phenoxy) is 1. The predicted octanol–water partition coefficient (Wildman–Crippen LogP) is 3.21. The molecule has 6 heteroatoms. The van der Waals surface area contributed by atoms with Gasteiger partial charge in [-0.15, -0.1) is 0 Å². The molecule has 0 saturated heterocycles. The Kier molecular flexibility index (Phi) is 4.27. The second-order valence-electron chi connectivity index (χ2n) is 4.16. The molecule has 0 radical (unpaired) electrons. The van der Waals surface area contributed by atoms with Gasteiger partial charge < -0.3 is 15.2 Å². The fourth-order valence-corrected chi connectivity index (χ4v) is 1.97. The quantitative estimate of drug-likeness (QED) is 0.651. The van der Waals surface area contributed by atoms with Crippen LogP contribution in [0.5, 0.6) is 11.5 Å². The second-order valence-corrected chi connectivity index (χ2v) is 4.50. The van der Waals surface area contributed by atoms with Crippen molar-refractivity contribution in [2.75, 3.05) is 19.0 Å². The number of nitrogens with one attached hydrogen (secondary N) is 1. The number of halogens is 1. The molecule has 19 heavy (non-hydrogen) atoms. The summed E-state index contributed by atoms with van der Waals surface area (Å²) in [4.78, 5) is 8.30. The molecule has 0 atom stereocenters. The van der Waals surface area contributed by atoms with E-state index in [9.17, 15) is 5.11 Å². The average Bonchev–Trinajstić information content (AvgIpc) is 2.39. The highest BCUT2D eigenvalue weighted by Crippen LogP contribution is 2.33. The first-order valence-electron chi connectivity index (χ1n) is 6.13. The molecular formula is C13H16ClN3O2. The summed E-state index contributed by atoms with van der Waals surface area (Å²) < 4.78 is 5.06. The summed E-state index contributed by atoms with van der Waals surface area (Å²) in [6, 6.07) is 3.22. The van der Waals surface area contributed by atoms with Gasteiger partial charge in [-0.3, -0.25) is 0 Å². The SMILES string of the molecule is CCCCNc1nc(Cl)nc2cc(OC)c(O)cc12. The molecule has 0 unspecified atom stereocenters. The standard InChI is InChI=1S/C13H16ClN3O2/c1-3-4-5-15-12-8-6-10(18)11(19-2)7-9(8)16-13(14)17-12/h6-7,18H,3-5H2,1-2H3,(H,15,16,17). The third-order valence-electron chi connectivity index (χ3n) is 2.79. The summed E-state index contributed by atoms with van der Waals surface area (Å²) in [5.41, 5.74) is 0.633. The zero-order chi connectivity index (χ0) is 13.8. The molecule has 0 aliphatic carbocycles. The van der Waals surface area contributed by atoms with Crippen LogP contribution in [0, 0.1) is 0 Å². The van der Waals surface area contributed by atoms with Gasteiger partial charge in [0.05, 0.1) is 12.6 Å². The number of phenolic OH excluding ortho intramolecular Hbond substituents is 1. The molecule has 0 fully saturated rings. The number of unbranched alkanes of at least 4 members (excludes halogenated alkanes) is 1. The Morgan fingerprint density at radius 1 is 1.37 bits per heavy atom. The van der Waals surface area contributed by atoms with Gasteiger partial charge in [0.1, 0.15) is 5.82 Å². The number of nitrogens with zero attached hydrogens (tertiary/aromatic N) is 2. The lowest BCUT2D eigenvalue weighted by Gasteiger charge is -2.10. The molecule has 102 valence electrons. The Balaban J connectivity index is 2.47. The van der Waals surface area contributed by atoms with E-state index < -0.39 is 0 Å². The minimum atomic E-state index is 0.0551. The van der Waals surface area contributed by atoms with Crippen LogP contribution in [0.25, 0.3) is 10.9 Å². The first-order valence-corrected chi connectivity index (χ1v) is 6.51. The van der Waals surface area contributed by atoms with Crippen molar-refractivity contribution in [2.45, 2.75) is 19.8 Å². The zero-order valence-electron chi connectivity index (χ0n) is 10.9. The largest absolute Gasteiger partial charge is 0.504 e. The summed E-state index contributed by atoms with van der Waals surface area (Å²) in [5.74, 6) is 1.04. The third-order valence-corrected chi connectivity index (χ3v) is 2.96. The molecular weight excluding hydrogens is 266 g/mol. The van der Waals surface area contributed by atoms with Crippen LogP contribution in [0.3, 0.4) is 0 Å². The van der Waals surface area contributed by atoms with Gasteiger partial charge in [0.2, 0.25) is 5.28 Å². The van der Waals surface area contributed by atoms with Gasteiger partial charge in [-0.1, -0.05) is 13.3 Å². The lowest BCUT2D eigenvalue weighted by Crippen LogP contribution is -2.04. The molecule has 2 N–H and O–H groups in total. The molecule has 0 aliphatic heterocycles. The fraction of sp³-hybridized carbons (Fsp3) is 0.385. The van der Waals surface area contributed by atoms with Gasteiger partial charge in [-0.2, -0.15) is 0 Å². The van der Waals surface area contributed by atoms with Crippen LogP contribution in [0.2, 0.25) is 5.28 Å². The van der Waals surface area contributed by atoms with E-state index in [0.29, 0.717) is 17.1 Å². The van der Waals surface area contributed by atoms with Crippen LogP contribution in [0.1, 0.15) is 19.8 Å². The number of hydrogen-bond acceptors (Lipinski definition) is 5. The van der Waals surface area contributed by atoms with E-state index in [1.54, 1.807) is 12.1 Å². The van der Waals surface area contributed by atoms with Crippen LogP contribution in [0.4, 0.5) is 5.82 Å². The number of fused-ring (bicyclic) bond motifs is 1. The molecule has 2 aromatic rings. The van der Waals surface area contributed by atoms with Crippen LogP contribution in [0.15, 0.2) is 12.1 Å². The fourth-order valence-electron chi connectivity index (χ4n) is 1.80. The van der Waals surface area contributed by atoms with Crippen LogP contribution in [-0.4, -0.2) is 28.7 Å². The van der Waals surface area contributed by atoms with Crippen LogP contribution >= 0.6 is 11.6 Å². The summed E-state index contributed by atoms with van der Waals surface area (Å²) >= 11 is 5.91. The summed E-state index contributed by atoms with van der Waals surface area (Å²) in [6.45, 7) is 2.91.